The Labute approximate surface area is 211 Å². The second-order valence-corrected chi connectivity index (χ2v) is 10.2. The Morgan fingerprint density at radius 2 is 1.57 bits per heavy atom. The molecule has 0 radical (unpaired) electrons. The quantitative estimate of drug-likeness (QED) is 0.352. The molecule has 1 saturated carbocycles. The molecule has 0 unspecified atom stereocenters. The second-order valence-electron chi connectivity index (χ2n) is 10.2. The maximum Gasteiger partial charge on any atom is 0.303 e. The van der Waals surface area contributed by atoms with E-state index in [2.05, 4.69) is 65.6 Å². The van der Waals surface area contributed by atoms with Gasteiger partial charge >= 0.3 is 5.97 Å². The second kappa shape index (κ2) is 13.6. The number of carbonyl (C=O) groups is 1. The van der Waals surface area contributed by atoms with Crippen LogP contribution >= 0.6 is 0 Å². The summed E-state index contributed by atoms with van der Waals surface area (Å²) >= 11 is 0. The van der Waals surface area contributed by atoms with Crippen LogP contribution in [-0.2, 0) is 16.1 Å². The minimum atomic E-state index is -0.725. The van der Waals surface area contributed by atoms with Crippen LogP contribution in [0.25, 0.3) is 11.1 Å². The fourth-order valence-electron chi connectivity index (χ4n) is 5.83. The van der Waals surface area contributed by atoms with Crippen LogP contribution in [0, 0.1) is 5.92 Å². The van der Waals surface area contributed by atoms with Gasteiger partial charge in [-0.3, -0.25) is 4.79 Å². The molecule has 4 nitrogen and oxygen atoms in total. The van der Waals surface area contributed by atoms with Gasteiger partial charge in [-0.25, -0.2) is 0 Å². The first kappa shape index (κ1) is 25.7. The van der Waals surface area contributed by atoms with Crippen molar-refractivity contribution in [1.82, 2.24) is 4.90 Å². The molecule has 3 atom stereocenters. The van der Waals surface area contributed by atoms with Gasteiger partial charge in [-0.05, 0) is 74.7 Å². The Balaban J connectivity index is 1.35. The molecule has 4 rings (SSSR count). The summed E-state index contributed by atoms with van der Waals surface area (Å²) in [5.41, 5.74) is 3.71. The van der Waals surface area contributed by atoms with Crippen LogP contribution < -0.4 is 0 Å². The summed E-state index contributed by atoms with van der Waals surface area (Å²) in [6, 6.07) is 19.9. The van der Waals surface area contributed by atoms with Crippen molar-refractivity contribution in [3.8, 4) is 11.1 Å². The molecule has 1 N–H and O–H groups in total. The molecule has 1 aliphatic carbocycles. The van der Waals surface area contributed by atoms with Gasteiger partial charge in [-0.2, -0.15) is 0 Å². The van der Waals surface area contributed by atoms with E-state index in [1.807, 2.05) is 6.08 Å². The number of rotatable bonds is 11. The average Bonchev–Trinajstić information content (AvgIpc) is 3.08. The fraction of sp³-hybridized carbons (Fsp3) is 0.516. The molecule has 2 aromatic rings. The van der Waals surface area contributed by atoms with Crippen molar-refractivity contribution >= 4 is 5.97 Å². The molecule has 0 amide bonds. The maximum absolute atomic E-state index is 10.8. The highest BCUT2D eigenvalue weighted by Crippen LogP contribution is 2.37. The lowest BCUT2D eigenvalue weighted by Crippen LogP contribution is -2.41. The van der Waals surface area contributed by atoms with Crippen LogP contribution in [0.15, 0.2) is 66.7 Å². The van der Waals surface area contributed by atoms with Crippen molar-refractivity contribution in [1.29, 1.82) is 0 Å². The van der Waals surface area contributed by atoms with E-state index in [4.69, 9.17) is 9.84 Å². The third kappa shape index (κ3) is 7.78. The molecule has 2 aromatic carbocycles. The molecule has 0 bridgehead atoms. The third-order valence-electron chi connectivity index (χ3n) is 7.71. The fourth-order valence-corrected chi connectivity index (χ4v) is 5.83. The minimum absolute atomic E-state index is 0.213. The van der Waals surface area contributed by atoms with Crippen molar-refractivity contribution < 1.29 is 14.6 Å². The molecule has 4 heteroatoms. The molecule has 0 aromatic heterocycles. The highest BCUT2D eigenvalue weighted by atomic mass is 16.5. The van der Waals surface area contributed by atoms with Crippen LogP contribution in [0.5, 0.6) is 0 Å². The third-order valence-corrected chi connectivity index (χ3v) is 7.71. The van der Waals surface area contributed by atoms with Crippen molar-refractivity contribution in [3.05, 3.63) is 72.3 Å². The predicted molar refractivity (Wildman–Crippen MR) is 142 cm³/mol. The predicted octanol–water partition coefficient (Wildman–Crippen LogP) is 7.09. The van der Waals surface area contributed by atoms with Gasteiger partial charge in [-0.15, -0.1) is 0 Å². The summed E-state index contributed by atoms with van der Waals surface area (Å²) in [5.74, 6) is -0.183. The van der Waals surface area contributed by atoms with Gasteiger partial charge in [0.15, 0.2) is 0 Å². The van der Waals surface area contributed by atoms with Gasteiger partial charge < -0.3 is 14.7 Å². The molecular weight excluding hydrogens is 434 g/mol. The molecule has 2 aliphatic rings. The number of likely N-dealkylation sites (tertiary alicyclic amines) is 1. The van der Waals surface area contributed by atoms with Gasteiger partial charge in [0.05, 0.1) is 12.7 Å². The molecule has 188 valence electrons. The summed E-state index contributed by atoms with van der Waals surface area (Å²) in [4.78, 5) is 13.5. The first-order valence-corrected chi connectivity index (χ1v) is 13.6. The van der Waals surface area contributed by atoms with Crippen molar-refractivity contribution in [2.45, 2.75) is 83.0 Å². The molecule has 1 saturated heterocycles. The summed E-state index contributed by atoms with van der Waals surface area (Å²) < 4.78 is 6.58. The Morgan fingerprint density at radius 1 is 0.886 bits per heavy atom. The number of nitrogens with zero attached hydrogens (tertiary/aromatic N) is 1. The number of carboxylic acid groups (broad SMARTS) is 1. The number of hydrogen-bond acceptors (Lipinski definition) is 3. The maximum atomic E-state index is 10.8. The largest absolute Gasteiger partial charge is 0.481 e. The van der Waals surface area contributed by atoms with Gasteiger partial charge in [0, 0.05) is 18.4 Å². The van der Waals surface area contributed by atoms with E-state index in [1.54, 1.807) is 0 Å². The molecular formula is C31H41NO3. The van der Waals surface area contributed by atoms with Crippen molar-refractivity contribution in [2.24, 2.45) is 5.92 Å². The van der Waals surface area contributed by atoms with E-state index in [1.165, 1.54) is 61.9 Å². The standard InChI is InChI=1S/C31H41NO3/c33-31(34)15-9-2-1-8-14-28-29(32-22-10-3-4-11-23-32)20-21-30(28)35-24-25-16-18-27(19-17-25)26-12-6-5-7-13-26/h1-2,5-7,12-13,16-19,28-30H,3-4,8-11,14-15,20-24H2,(H,33,34)/b2-1-/t28-,29+,30+/m1/s1. The topological polar surface area (TPSA) is 49.8 Å². The number of carboxylic acids is 1. The zero-order chi connectivity index (χ0) is 24.3. The van der Waals surface area contributed by atoms with E-state index >= 15 is 0 Å². The number of hydrogen-bond donors (Lipinski definition) is 1. The summed E-state index contributed by atoms with van der Waals surface area (Å²) in [6.07, 6.45) is 15.2. The summed E-state index contributed by atoms with van der Waals surface area (Å²) in [5, 5.41) is 8.85. The lowest BCUT2D eigenvalue weighted by molar-refractivity contribution is -0.136. The Hall–Kier alpha value is -2.43. The van der Waals surface area contributed by atoms with E-state index in [9.17, 15) is 4.79 Å². The lowest BCUT2D eigenvalue weighted by atomic mass is 9.94. The monoisotopic (exact) mass is 475 g/mol. The summed E-state index contributed by atoms with van der Waals surface area (Å²) in [6.45, 7) is 3.12. The minimum Gasteiger partial charge on any atom is -0.481 e. The van der Waals surface area contributed by atoms with Gasteiger partial charge in [0.2, 0.25) is 0 Å². The van der Waals surface area contributed by atoms with Gasteiger partial charge in [-0.1, -0.05) is 79.6 Å². The Bertz CT molecular complexity index is 916. The van der Waals surface area contributed by atoms with Gasteiger partial charge in [0.25, 0.3) is 0 Å². The number of aliphatic carboxylic acids is 1. The highest BCUT2D eigenvalue weighted by molar-refractivity contribution is 5.66. The normalized spacial score (nSPS) is 23.5. The summed E-state index contributed by atoms with van der Waals surface area (Å²) in [7, 11) is 0. The SMILES string of the molecule is O=C(O)CC/C=C\CC[C@H]1[C@@H](OCc2ccc(-c3ccccc3)cc2)CC[C@@H]1N1CCCCCC1. The molecule has 1 aliphatic heterocycles. The van der Waals surface area contributed by atoms with E-state index in [0.29, 0.717) is 31.1 Å². The zero-order valence-electron chi connectivity index (χ0n) is 21.0. The molecule has 35 heavy (non-hydrogen) atoms. The molecule has 2 fully saturated rings. The number of ether oxygens (including phenoxy) is 1. The van der Waals surface area contributed by atoms with Crippen LogP contribution in [-0.4, -0.2) is 41.2 Å². The Morgan fingerprint density at radius 3 is 2.29 bits per heavy atom. The zero-order valence-corrected chi connectivity index (χ0v) is 21.0. The smallest absolute Gasteiger partial charge is 0.303 e. The van der Waals surface area contributed by atoms with Gasteiger partial charge in [0.1, 0.15) is 0 Å². The van der Waals surface area contributed by atoms with Crippen molar-refractivity contribution in [2.75, 3.05) is 13.1 Å². The van der Waals surface area contributed by atoms with Crippen LogP contribution in [0.3, 0.4) is 0 Å². The average molecular weight is 476 g/mol. The van der Waals surface area contributed by atoms with E-state index in [-0.39, 0.29) is 6.42 Å². The molecule has 0 spiro atoms. The van der Waals surface area contributed by atoms with Crippen LogP contribution in [0.2, 0.25) is 0 Å². The van der Waals surface area contributed by atoms with E-state index < -0.39 is 5.97 Å². The number of allylic oxidation sites excluding steroid dienone is 2. The first-order valence-electron chi connectivity index (χ1n) is 13.6. The number of benzene rings is 2. The van der Waals surface area contributed by atoms with Crippen LogP contribution in [0.1, 0.15) is 69.8 Å². The lowest BCUT2D eigenvalue weighted by Gasteiger charge is -2.34. The molecule has 1 heterocycles. The van der Waals surface area contributed by atoms with E-state index in [0.717, 1.165) is 19.3 Å². The van der Waals surface area contributed by atoms with Crippen LogP contribution in [0.4, 0.5) is 0 Å². The first-order chi connectivity index (χ1) is 17.2. The highest BCUT2D eigenvalue weighted by Gasteiger charge is 2.39. The Kier molecular flexibility index (Phi) is 9.97. The van der Waals surface area contributed by atoms with Crippen molar-refractivity contribution in [3.63, 3.8) is 0 Å².